The monoisotopic (exact) mass is 266 g/mol. The normalized spacial score (nSPS) is 11.1. The van der Waals surface area contributed by atoms with Crippen molar-refractivity contribution in [1.29, 1.82) is 0 Å². The van der Waals surface area contributed by atoms with Gasteiger partial charge in [0, 0.05) is 5.56 Å². The fourth-order valence-corrected chi connectivity index (χ4v) is 2.36. The highest BCUT2D eigenvalue weighted by atomic mass is 16.3. The standard InChI is InChI=1S/C17H18N2O/c1-12-7-8-16-15(11-12)19-17(20-16)14-6-4-3-5-13(14)9-10-18-2/h3-8,11,18H,9-10H2,1-2H3. The topological polar surface area (TPSA) is 38.1 Å². The summed E-state index contributed by atoms with van der Waals surface area (Å²) in [7, 11) is 1.96. The maximum absolute atomic E-state index is 5.90. The van der Waals surface area contributed by atoms with Crippen molar-refractivity contribution in [2.45, 2.75) is 13.3 Å². The lowest BCUT2D eigenvalue weighted by Crippen LogP contribution is -2.10. The zero-order valence-corrected chi connectivity index (χ0v) is 11.8. The second kappa shape index (κ2) is 5.47. The molecule has 0 aliphatic rings. The lowest BCUT2D eigenvalue weighted by Gasteiger charge is -2.05. The van der Waals surface area contributed by atoms with Gasteiger partial charge in [0.15, 0.2) is 5.58 Å². The van der Waals surface area contributed by atoms with Gasteiger partial charge in [-0.15, -0.1) is 0 Å². The van der Waals surface area contributed by atoms with Gasteiger partial charge in [-0.3, -0.25) is 0 Å². The molecule has 3 aromatic rings. The lowest BCUT2D eigenvalue weighted by molar-refractivity contribution is 0.618. The average molecular weight is 266 g/mol. The van der Waals surface area contributed by atoms with E-state index in [-0.39, 0.29) is 0 Å². The predicted molar refractivity (Wildman–Crippen MR) is 81.8 cm³/mol. The van der Waals surface area contributed by atoms with Gasteiger partial charge in [-0.25, -0.2) is 4.98 Å². The van der Waals surface area contributed by atoms with Crippen LogP contribution in [-0.2, 0) is 6.42 Å². The molecule has 2 aromatic carbocycles. The third-order valence-corrected chi connectivity index (χ3v) is 3.44. The summed E-state index contributed by atoms with van der Waals surface area (Å²) in [6.07, 6.45) is 0.963. The Balaban J connectivity index is 2.06. The molecule has 0 spiro atoms. The number of aromatic nitrogens is 1. The number of likely N-dealkylation sites (N-methyl/N-ethyl adjacent to an activating group) is 1. The highest BCUT2D eigenvalue weighted by Gasteiger charge is 2.11. The molecule has 0 atom stereocenters. The number of fused-ring (bicyclic) bond motifs is 1. The second-order valence-corrected chi connectivity index (χ2v) is 5.00. The summed E-state index contributed by atoms with van der Waals surface area (Å²) in [5.74, 6) is 0.706. The van der Waals surface area contributed by atoms with Crippen LogP contribution in [-0.4, -0.2) is 18.6 Å². The first-order valence-corrected chi connectivity index (χ1v) is 6.88. The molecule has 0 radical (unpaired) electrons. The van der Waals surface area contributed by atoms with Gasteiger partial charge < -0.3 is 9.73 Å². The van der Waals surface area contributed by atoms with Crippen LogP contribution in [0.3, 0.4) is 0 Å². The number of oxazole rings is 1. The van der Waals surface area contributed by atoms with Gasteiger partial charge in [0.1, 0.15) is 5.52 Å². The molecule has 1 N–H and O–H groups in total. The number of rotatable bonds is 4. The van der Waals surface area contributed by atoms with Gasteiger partial charge in [-0.05, 0) is 56.3 Å². The van der Waals surface area contributed by atoms with Gasteiger partial charge >= 0.3 is 0 Å². The molecule has 0 saturated carbocycles. The van der Waals surface area contributed by atoms with E-state index in [0.29, 0.717) is 5.89 Å². The number of hydrogen-bond acceptors (Lipinski definition) is 3. The third-order valence-electron chi connectivity index (χ3n) is 3.44. The molecule has 1 aromatic heterocycles. The van der Waals surface area contributed by atoms with E-state index in [9.17, 15) is 0 Å². The number of aryl methyl sites for hydroxylation is 1. The number of nitrogens with one attached hydrogen (secondary N) is 1. The number of hydrogen-bond donors (Lipinski definition) is 1. The Labute approximate surface area is 118 Å². The number of benzene rings is 2. The van der Waals surface area contributed by atoms with E-state index in [1.54, 1.807) is 0 Å². The van der Waals surface area contributed by atoms with Gasteiger partial charge in [-0.1, -0.05) is 24.3 Å². The molecule has 1 heterocycles. The molecule has 102 valence electrons. The van der Waals surface area contributed by atoms with Crippen LogP contribution in [0.4, 0.5) is 0 Å². The fourth-order valence-electron chi connectivity index (χ4n) is 2.36. The third kappa shape index (κ3) is 2.45. The fraction of sp³-hybridized carbons (Fsp3) is 0.235. The Morgan fingerprint density at radius 3 is 2.85 bits per heavy atom. The van der Waals surface area contributed by atoms with Crippen LogP contribution >= 0.6 is 0 Å². The molecule has 3 nitrogen and oxygen atoms in total. The molecule has 0 bridgehead atoms. The Kier molecular flexibility index (Phi) is 3.52. The average Bonchev–Trinajstić information content (AvgIpc) is 2.88. The Morgan fingerprint density at radius 1 is 1.15 bits per heavy atom. The minimum absolute atomic E-state index is 0.706. The maximum Gasteiger partial charge on any atom is 0.227 e. The van der Waals surface area contributed by atoms with Crippen LogP contribution in [0.5, 0.6) is 0 Å². The van der Waals surface area contributed by atoms with Gasteiger partial charge in [0.05, 0.1) is 0 Å². The Bertz CT molecular complexity index is 731. The van der Waals surface area contributed by atoms with Crippen LogP contribution in [0.2, 0.25) is 0 Å². The van der Waals surface area contributed by atoms with Crippen molar-refractivity contribution in [2.75, 3.05) is 13.6 Å². The minimum atomic E-state index is 0.706. The quantitative estimate of drug-likeness (QED) is 0.784. The predicted octanol–water partition coefficient (Wildman–Crippen LogP) is 3.57. The van der Waals surface area contributed by atoms with Gasteiger partial charge in [0.2, 0.25) is 5.89 Å². The SMILES string of the molecule is CNCCc1ccccc1-c1nc2cc(C)ccc2o1. The summed E-state index contributed by atoms with van der Waals surface area (Å²) >= 11 is 0. The molecule has 0 saturated heterocycles. The van der Waals surface area contributed by atoms with Crippen LogP contribution in [0, 0.1) is 6.92 Å². The van der Waals surface area contributed by atoms with Crippen molar-refractivity contribution < 1.29 is 4.42 Å². The van der Waals surface area contributed by atoms with Crippen LogP contribution in [0.15, 0.2) is 46.9 Å². The zero-order chi connectivity index (χ0) is 13.9. The molecule has 0 fully saturated rings. The Morgan fingerprint density at radius 2 is 2.00 bits per heavy atom. The van der Waals surface area contributed by atoms with Crippen molar-refractivity contribution in [3.8, 4) is 11.5 Å². The first-order chi connectivity index (χ1) is 9.78. The number of nitrogens with zero attached hydrogens (tertiary/aromatic N) is 1. The molecular formula is C17H18N2O. The van der Waals surface area contributed by atoms with E-state index in [1.807, 2.05) is 25.2 Å². The highest BCUT2D eigenvalue weighted by Crippen LogP contribution is 2.27. The van der Waals surface area contributed by atoms with Gasteiger partial charge in [-0.2, -0.15) is 0 Å². The molecule has 0 amide bonds. The summed E-state index contributed by atoms with van der Waals surface area (Å²) in [6, 6.07) is 14.4. The molecule has 3 rings (SSSR count). The zero-order valence-electron chi connectivity index (χ0n) is 11.8. The minimum Gasteiger partial charge on any atom is -0.436 e. The van der Waals surface area contributed by atoms with Crippen molar-refractivity contribution in [3.63, 3.8) is 0 Å². The summed E-state index contributed by atoms with van der Waals surface area (Å²) in [4.78, 5) is 4.63. The van der Waals surface area contributed by atoms with Crippen molar-refractivity contribution in [1.82, 2.24) is 10.3 Å². The van der Waals surface area contributed by atoms with Crippen molar-refractivity contribution >= 4 is 11.1 Å². The smallest absolute Gasteiger partial charge is 0.227 e. The summed E-state index contributed by atoms with van der Waals surface area (Å²) in [5, 5.41) is 3.18. The van der Waals surface area contributed by atoms with E-state index in [1.165, 1.54) is 11.1 Å². The molecule has 0 aliphatic carbocycles. The molecule has 0 aliphatic heterocycles. The van der Waals surface area contributed by atoms with Crippen LogP contribution in [0.1, 0.15) is 11.1 Å². The highest BCUT2D eigenvalue weighted by molar-refractivity contribution is 5.77. The van der Waals surface area contributed by atoms with Crippen molar-refractivity contribution in [2.24, 2.45) is 0 Å². The van der Waals surface area contributed by atoms with E-state index in [2.05, 4.69) is 41.5 Å². The van der Waals surface area contributed by atoms with E-state index < -0.39 is 0 Å². The van der Waals surface area contributed by atoms with Gasteiger partial charge in [0.25, 0.3) is 0 Å². The molecule has 20 heavy (non-hydrogen) atoms. The molecule has 3 heteroatoms. The lowest BCUT2D eigenvalue weighted by atomic mass is 10.0. The first-order valence-electron chi connectivity index (χ1n) is 6.88. The van der Waals surface area contributed by atoms with Crippen LogP contribution in [0.25, 0.3) is 22.6 Å². The second-order valence-electron chi connectivity index (χ2n) is 5.00. The summed E-state index contributed by atoms with van der Waals surface area (Å²) < 4.78 is 5.90. The van der Waals surface area contributed by atoms with E-state index in [0.717, 1.165) is 29.6 Å². The summed E-state index contributed by atoms with van der Waals surface area (Å²) in [6.45, 7) is 3.00. The maximum atomic E-state index is 5.90. The van der Waals surface area contributed by atoms with E-state index >= 15 is 0 Å². The molecule has 0 unspecified atom stereocenters. The first kappa shape index (κ1) is 12.9. The largest absolute Gasteiger partial charge is 0.436 e. The van der Waals surface area contributed by atoms with Crippen LogP contribution < -0.4 is 5.32 Å². The molecular weight excluding hydrogens is 248 g/mol. The van der Waals surface area contributed by atoms with Crippen molar-refractivity contribution in [3.05, 3.63) is 53.6 Å². The summed E-state index contributed by atoms with van der Waals surface area (Å²) in [5.41, 5.74) is 5.29. The Hall–Kier alpha value is -2.13. The van der Waals surface area contributed by atoms with E-state index in [4.69, 9.17) is 4.42 Å².